The van der Waals surface area contributed by atoms with Crippen LogP contribution in [0.2, 0.25) is 10.2 Å². The highest BCUT2D eigenvalue weighted by molar-refractivity contribution is 6.33. The monoisotopic (exact) mass is 514 g/mol. The molecule has 1 unspecified atom stereocenters. The van der Waals surface area contributed by atoms with Crippen LogP contribution >= 0.6 is 23.2 Å². The molecule has 1 aromatic carbocycles. The van der Waals surface area contributed by atoms with Crippen molar-refractivity contribution in [2.75, 3.05) is 26.4 Å². The van der Waals surface area contributed by atoms with Crippen LogP contribution < -0.4 is 10.5 Å². The number of benzene rings is 1. The van der Waals surface area contributed by atoms with Crippen LogP contribution in [0.1, 0.15) is 36.8 Å². The second-order valence-corrected chi connectivity index (χ2v) is 8.95. The summed E-state index contributed by atoms with van der Waals surface area (Å²) < 4.78 is 23.3. The molecule has 182 valence electrons. The number of imidazole rings is 1. The van der Waals surface area contributed by atoms with Crippen LogP contribution in [0.5, 0.6) is 5.75 Å². The molecule has 0 radical (unpaired) electrons. The van der Waals surface area contributed by atoms with Crippen molar-refractivity contribution in [2.45, 2.75) is 19.8 Å². The van der Waals surface area contributed by atoms with Gasteiger partial charge < -0.3 is 15.4 Å². The zero-order valence-corrected chi connectivity index (χ0v) is 21.3. The van der Waals surface area contributed by atoms with Crippen LogP contribution in [-0.4, -0.2) is 45.0 Å². The summed E-state index contributed by atoms with van der Waals surface area (Å²) in [5.41, 5.74) is 9.33. The first-order chi connectivity index (χ1) is 16.6. The summed E-state index contributed by atoms with van der Waals surface area (Å²) in [6, 6.07) is 5.12. The molecule has 4 rings (SSSR count). The molecule has 0 amide bonds. The van der Waals surface area contributed by atoms with Gasteiger partial charge in [-0.25, -0.2) is 14.4 Å². The Morgan fingerprint density at radius 1 is 1.29 bits per heavy atom. The molecular formula is C25H25Cl2FN6O. The number of nitrogen functional groups attached to an aromatic ring is 1. The van der Waals surface area contributed by atoms with E-state index in [0.717, 1.165) is 5.70 Å². The smallest absolute Gasteiger partial charge is 0.158 e. The summed E-state index contributed by atoms with van der Waals surface area (Å²) in [5.74, 6) is 0.237. The van der Waals surface area contributed by atoms with Gasteiger partial charge in [0, 0.05) is 49.7 Å². The molecule has 0 aliphatic heterocycles. The first kappa shape index (κ1) is 24.8. The van der Waals surface area contributed by atoms with E-state index >= 15 is 4.39 Å². The molecule has 4 aromatic rings. The Bertz CT molecular complexity index is 1420. The van der Waals surface area contributed by atoms with E-state index in [2.05, 4.69) is 21.5 Å². The van der Waals surface area contributed by atoms with Gasteiger partial charge in [-0.05, 0) is 19.1 Å². The highest BCUT2D eigenvalue weighted by atomic mass is 35.5. The number of pyridine rings is 1. The van der Waals surface area contributed by atoms with Gasteiger partial charge >= 0.3 is 0 Å². The maximum atomic E-state index is 15.5. The normalized spacial score (nSPS) is 12.1. The Morgan fingerprint density at radius 3 is 2.66 bits per heavy atom. The molecule has 0 saturated carbocycles. The Morgan fingerprint density at radius 2 is 2.03 bits per heavy atom. The summed E-state index contributed by atoms with van der Waals surface area (Å²) in [6.45, 7) is 8.09. The van der Waals surface area contributed by atoms with Crippen molar-refractivity contribution in [1.82, 2.24) is 24.3 Å². The van der Waals surface area contributed by atoms with Gasteiger partial charge in [-0.15, -0.1) is 0 Å². The topological polar surface area (TPSA) is 81.6 Å². The molecule has 0 saturated heterocycles. The first-order valence-corrected chi connectivity index (χ1v) is 11.7. The molecule has 3 aromatic heterocycles. The Balaban J connectivity index is 1.90. The summed E-state index contributed by atoms with van der Waals surface area (Å²) >= 11 is 12.8. The lowest BCUT2D eigenvalue weighted by atomic mass is 9.93. The third-order valence-corrected chi connectivity index (χ3v) is 6.34. The number of nitrogens with two attached hydrogens (primary N) is 1. The molecule has 1 atom stereocenters. The van der Waals surface area contributed by atoms with Crippen molar-refractivity contribution >= 4 is 40.2 Å². The van der Waals surface area contributed by atoms with Gasteiger partial charge in [-0.2, -0.15) is 0 Å². The fraction of sp³-hybridized carbons (Fsp3) is 0.240. The van der Waals surface area contributed by atoms with Crippen LogP contribution in [0.4, 0.5) is 10.2 Å². The summed E-state index contributed by atoms with van der Waals surface area (Å²) in [4.78, 5) is 14.9. The van der Waals surface area contributed by atoms with Gasteiger partial charge in [0.15, 0.2) is 16.8 Å². The number of ether oxygens (including phenoxy) is 1. The molecular weight excluding hydrogens is 490 g/mol. The minimum atomic E-state index is -0.591. The maximum Gasteiger partial charge on any atom is 0.158 e. The number of halogens is 3. The van der Waals surface area contributed by atoms with Crippen LogP contribution in [-0.2, 0) is 0 Å². The van der Waals surface area contributed by atoms with Gasteiger partial charge in [0.1, 0.15) is 17.1 Å². The molecule has 0 bridgehead atoms. The minimum Gasteiger partial charge on any atom is -0.493 e. The third kappa shape index (κ3) is 4.39. The summed E-state index contributed by atoms with van der Waals surface area (Å²) in [5, 5.41) is 0.185. The van der Waals surface area contributed by atoms with E-state index in [1.165, 1.54) is 0 Å². The van der Waals surface area contributed by atoms with E-state index in [9.17, 15) is 0 Å². The number of fused-ring (bicyclic) bond motifs is 1. The highest BCUT2D eigenvalue weighted by Crippen LogP contribution is 2.44. The molecule has 0 fully saturated rings. The van der Waals surface area contributed by atoms with Crippen LogP contribution in [0.25, 0.3) is 22.3 Å². The zero-order chi connectivity index (χ0) is 25.4. The number of rotatable bonds is 7. The number of hydrogen-bond acceptors (Lipinski definition) is 6. The van der Waals surface area contributed by atoms with Crippen molar-refractivity contribution in [3.8, 4) is 16.9 Å². The minimum absolute atomic E-state index is 0.0415. The molecule has 7 nitrogen and oxygen atoms in total. The predicted octanol–water partition coefficient (Wildman–Crippen LogP) is 5.90. The second kappa shape index (κ2) is 9.71. The summed E-state index contributed by atoms with van der Waals surface area (Å²) in [7, 11) is 3.76. The first-order valence-electron chi connectivity index (χ1n) is 10.9. The fourth-order valence-corrected chi connectivity index (χ4v) is 4.42. The molecule has 35 heavy (non-hydrogen) atoms. The van der Waals surface area contributed by atoms with Gasteiger partial charge in [-0.3, -0.25) is 9.38 Å². The summed E-state index contributed by atoms with van der Waals surface area (Å²) in [6.07, 6.45) is 4.88. The van der Waals surface area contributed by atoms with E-state index in [1.54, 1.807) is 41.2 Å². The average molecular weight is 515 g/mol. The van der Waals surface area contributed by atoms with E-state index in [1.807, 2.05) is 32.8 Å². The van der Waals surface area contributed by atoms with Crippen molar-refractivity contribution in [1.29, 1.82) is 0 Å². The molecule has 2 N–H and O–H groups in total. The van der Waals surface area contributed by atoms with Crippen molar-refractivity contribution in [2.24, 2.45) is 0 Å². The van der Waals surface area contributed by atoms with Crippen LogP contribution in [0.3, 0.4) is 0 Å². The van der Waals surface area contributed by atoms with E-state index in [-0.39, 0.29) is 27.5 Å². The Kier molecular flexibility index (Phi) is 6.87. The number of hydrogen-bond donors (Lipinski definition) is 1. The molecule has 3 heterocycles. The number of aromatic nitrogens is 4. The second-order valence-electron chi connectivity index (χ2n) is 8.19. The van der Waals surface area contributed by atoms with E-state index in [4.69, 9.17) is 33.7 Å². The predicted molar refractivity (Wildman–Crippen MR) is 138 cm³/mol. The molecule has 10 heteroatoms. The zero-order valence-electron chi connectivity index (χ0n) is 19.8. The average Bonchev–Trinajstić information content (AvgIpc) is 3.18. The largest absolute Gasteiger partial charge is 0.493 e. The third-order valence-electron chi connectivity index (χ3n) is 5.80. The van der Waals surface area contributed by atoms with Crippen molar-refractivity contribution in [3.05, 3.63) is 76.4 Å². The lowest BCUT2D eigenvalue weighted by molar-refractivity contribution is 0.335. The van der Waals surface area contributed by atoms with Crippen molar-refractivity contribution in [3.63, 3.8) is 0 Å². The van der Waals surface area contributed by atoms with Crippen molar-refractivity contribution < 1.29 is 9.13 Å². The SMILES string of the molecule is C=C(c1ccc(-c2c(F)c(Cl)cc(C(C)c3nc(Cl)c4c(N)nccn34)c2OCC)cn1)N(C)C. The van der Waals surface area contributed by atoms with Gasteiger partial charge in [-0.1, -0.05) is 42.8 Å². The highest BCUT2D eigenvalue weighted by Gasteiger charge is 2.27. The Labute approximate surface area is 213 Å². The number of nitrogens with zero attached hydrogens (tertiary/aromatic N) is 5. The lowest BCUT2D eigenvalue weighted by Gasteiger charge is -2.21. The van der Waals surface area contributed by atoms with Gasteiger partial charge in [0.2, 0.25) is 0 Å². The lowest BCUT2D eigenvalue weighted by Crippen LogP contribution is -2.10. The molecule has 0 spiro atoms. The van der Waals surface area contributed by atoms with Crippen LogP contribution in [0, 0.1) is 5.82 Å². The maximum absolute atomic E-state index is 15.5. The van der Waals surface area contributed by atoms with E-state index < -0.39 is 5.82 Å². The Hall–Kier alpha value is -3.36. The standard InChI is InChI=1S/C25H25Cl2FN6O/c1-6-35-22-16(13(2)25-32-23(27)21-24(29)30-9-10-34(21)25)11-17(26)20(28)19(22)15-7-8-18(31-12-15)14(3)33(4)5/h7-13H,3,6H2,1-2,4-5H3,(H2,29,30). The number of anilines is 1. The van der Waals surface area contributed by atoms with Crippen LogP contribution in [0.15, 0.2) is 43.4 Å². The molecule has 0 aliphatic carbocycles. The van der Waals surface area contributed by atoms with E-state index in [0.29, 0.717) is 40.5 Å². The van der Waals surface area contributed by atoms with Gasteiger partial charge in [0.25, 0.3) is 0 Å². The molecule has 0 aliphatic rings. The van der Waals surface area contributed by atoms with Gasteiger partial charge in [0.05, 0.1) is 28.6 Å². The quantitative estimate of drug-likeness (QED) is 0.330. The fourth-order valence-electron chi connectivity index (χ4n) is 3.94.